The zero-order valence-electron chi connectivity index (χ0n) is 13.8. The molecule has 0 bridgehead atoms. The van der Waals surface area contributed by atoms with Gasteiger partial charge in [-0.2, -0.15) is 0 Å². The summed E-state index contributed by atoms with van der Waals surface area (Å²) in [5, 5.41) is 3.48. The lowest BCUT2D eigenvalue weighted by Gasteiger charge is -2.07. The lowest BCUT2D eigenvalue weighted by molar-refractivity contribution is 0.667. The van der Waals surface area contributed by atoms with Gasteiger partial charge in [0.2, 0.25) is 0 Å². The van der Waals surface area contributed by atoms with Crippen molar-refractivity contribution < 1.29 is 0 Å². The van der Waals surface area contributed by atoms with E-state index in [0.29, 0.717) is 0 Å². The molecule has 2 N–H and O–H groups in total. The number of aromatic nitrogens is 3. The van der Waals surface area contributed by atoms with Crippen LogP contribution in [0.3, 0.4) is 0 Å². The molecule has 0 fully saturated rings. The van der Waals surface area contributed by atoms with Crippen LogP contribution in [0.15, 0.2) is 48.8 Å². The van der Waals surface area contributed by atoms with Crippen LogP contribution in [-0.4, -0.2) is 15.0 Å². The van der Waals surface area contributed by atoms with Crippen LogP contribution in [0.2, 0.25) is 0 Å². The summed E-state index contributed by atoms with van der Waals surface area (Å²) in [7, 11) is 0. The molecule has 1 aliphatic rings. The van der Waals surface area contributed by atoms with Gasteiger partial charge in [-0.25, -0.2) is 4.98 Å². The van der Waals surface area contributed by atoms with Crippen molar-refractivity contribution in [3.63, 3.8) is 0 Å². The Labute approximate surface area is 142 Å². The zero-order valence-corrected chi connectivity index (χ0v) is 13.8. The van der Waals surface area contributed by atoms with Crippen molar-refractivity contribution in [3.05, 3.63) is 71.6 Å². The Hall–Kier alpha value is -2.46. The molecule has 0 unspecified atom stereocenters. The van der Waals surface area contributed by atoms with E-state index in [-0.39, 0.29) is 0 Å². The number of nitrogens with zero attached hydrogens (tertiary/aromatic N) is 2. The van der Waals surface area contributed by atoms with Crippen LogP contribution in [-0.2, 0) is 25.9 Å². The van der Waals surface area contributed by atoms with E-state index >= 15 is 0 Å². The Morgan fingerprint density at radius 3 is 2.42 bits per heavy atom. The number of hydrogen-bond acceptors (Lipinski definition) is 3. The van der Waals surface area contributed by atoms with Crippen LogP contribution in [0.1, 0.15) is 35.6 Å². The second kappa shape index (κ2) is 6.97. The van der Waals surface area contributed by atoms with Gasteiger partial charge in [0.1, 0.15) is 5.82 Å². The minimum absolute atomic E-state index is 0.791. The van der Waals surface area contributed by atoms with Crippen molar-refractivity contribution in [2.24, 2.45) is 0 Å². The van der Waals surface area contributed by atoms with E-state index in [1.165, 1.54) is 40.9 Å². The summed E-state index contributed by atoms with van der Waals surface area (Å²) in [6.07, 6.45) is 8.49. The summed E-state index contributed by atoms with van der Waals surface area (Å²) >= 11 is 0. The fourth-order valence-electron chi connectivity index (χ4n) is 3.28. The number of pyridine rings is 1. The van der Waals surface area contributed by atoms with Gasteiger partial charge >= 0.3 is 0 Å². The average molecular weight is 318 g/mol. The third kappa shape index (κ3) is 3.39. The molecule has 3 aromatic rings. The molecule has 4 nitrogen and oxygen atoms in total. The summed E-state index contributed by atoms with van der Waals surface area (Å²) in [6.45, 7) is 1.64. The first-order chi connectivity index (χ1) is 11.9. The van der Waals surface area contributed by atoms with E-state index in [1.54, 1.807) is 0 Å². The number of aromatic amines is 1. The van der Waals surface area contributed by atoms with Crippen LogP contribution in [0, 0.1) is 0 Å². The minimum Gasteiger partial charge on any atom is -0.345 e. The third-order valence-electron chi connectivity index (χ3n) is 4.59. The Balaban J connectivity index is 1.34. The highest BCUT2D eigenvalue weighted by molar-refractivity contribution is 5.62. The molecule has 0 saturated carbocycles. The van der Waals surface area contributed by atoms with Crippen LogP contribution in [0.4, 0.5) is 0 Å². The SMILES string of the molecule is c1cc(-c2ccc(CNCc3nc4c([nH]3)CCCC4)cc2)ccn1. The molecular formula is C20H22N4. The lowest BCUT2D eigenvalue weighted by atomic mass is 10.0. The summed E-state index contributed by atoms with van der Waals surface area (Å²) in [4.78, 5) is 12.2. The van der Waals surface area contributed by atoms with Gasteiger partial charge in [-0.1, -0.05) is 24.3 Å². The molecule has 1 aliphatic carbocycles. The molecule has 0 saturated heterocycles. The zero-order chi connectivity index (χ0) is 16.2. The Bertz CT molecular complexity index is 767. The number of imidazole rings is 1. The Morgan fingerprint density at radius 1 is 0.875 bits per heavy atom. The van der Waals surface area contributed by atoms with Gasteiger partial charge in [0.25, 0.3) is 0 Å². The first-order valence-corrected chi connectivity index (χ1v) is 8.65. The number of hydrogen-bond donors (Lipinski definition) is 2. The van der Waals surface area contributed by atoms with Crippen molar-refractivity contribution in [3.8, 4) is 11.1 Å². The first kappa shape index (κ1) is 15.1. The molecule has 0 atom stereocenters. The molecule has 24 heavy (non-hydrogen) atoms. The quantitative estimate of drug-likeness (QED) is 0.755. The second-order valence-electron chi connectivity index (χ2n) is 6.35. The number of rotatable bonds is 5. The smallest absolute Gasteiger partial charge is 0.120 e. The Kier molecular flexibility index (Phi) is 4.38. The second-order valence-corrected chi connectivity index (χ2v) is 6.35. The van der Waals surface area contributed by atoms with Crippen molar-refractivity contribution in [1.29, 1.82) is 0 Å². The third-order valence-corrected chi connectivity index (χ3v) is 4.59. The van der Waals surface area contributed by atoms with E-state index < -0.39 is 0 Å². The first-order valence-electron chi connectivity index (χ1n) is 8.65. The van der Waals surface area contributed by atoms with Gasteiger partial charge in [-0.15, -0.1) is 0 Å². The van der Waals surface area contributed by atoms with Gasteiger partial charge in [0, 0.05) is 24.6 Å². The molecule has 4 heteroatoms. The van der Waals surface area contributed by atoms with Gasteiger partial charge in [0.05, 0.1) is 12.2 Å². The lowest BCUT2D eigenvalue weighted by Crippen LogP contribution is -2.13. The predicted molar refractivity (Wildman–Crippen MR) is 95.4 cm³/mol. The van der Waals surface area contributed by atoms with Crippen molar-refractivity contribution >= 4 is 0 Å². The monoisotopic (exact) mass is 318 g/mol. The number of aryl methyl sites for hydroxylation is 2. The normalized spacial score (nSPS) is 13.7. The highest BCUT2D eigenvalue weighted by Crippen LogP contribution is 2.19. The number of benzene rings is 1. The van der Waals surface area contributed by atoms with Crippen LogP contribution >= 0.6 is 0 Å². The molecular weight excluding hydrogens is 296 g/mol. The number of nitrogens with one attached hydrogen (secondary N) is 2. The summed E-state index contributed by atoms with van der Waals surface area (Å²) in [6, 6.07) is 12.7. The van der Waals surface area contributed by atoms with Crippen molar-refractivity contribution in [2.45, 2.75) is 38.8 Å². The summed E-state index contributed by atoms with van der Waals surface area (Å²) in [5.74, 6) is 1.07. The number of fused-ring (bicyclic) bond motifs is 1. The van der Waals surface area contributed by atoms with Crippen molar-refractivity contribution in [2.75, 3.05) is 0 Å². The highest BCUT2D eigenvalue weighted by Gasteiger charge is 2.13. The number of H-pyrrole nitrogens is 1. The van der Waals surface area contributed by atoms with E-state index in [2.05, 4.69) is 39.6 Å². The molecule has 0 radical (unpaired) electrons. The minimum atomic E-state index is 0.791. The molecule has 0 spiro atoms. The molecule has 1 aromatic carbocycles. The van der Waals surface area contributed by atoms with E-state index in [9.17, 15) is 0 Å². The molecule has 4 rings (SSSR count). The standard InChI is InChI=1S/C20H22N4/c1-2-4-19-18(3-1)23-20(24-19)14-22-13-15-5-7-16(8-6-15)17-9-11-21-12-10-17/h5-12,22H,1-4,13-14H2,(H,23,24). The molecule has 0 amide bonds. The predicted octanol–water partition coefficient (Wildman–Crippen LogP) is 3.64. The van der Waals surface area contributed by atoms with Crippen LogP contribution < -0.4 is 5.32 Å². The fraction of sp³-hybridized carbons (Fsp3) is 0.300. The van der Waals surface area contributed by atoms with Crippen molar-refractivity contribution in [1.82, 2.24) is 20.3 Å². The molecule has 2 heterocycles. The maximum Gasteiger partial charge on any atom is 0.120 e. The van der Waals surface area contributed by atoms with Crippen LogP contribution in [0.5, 0.6) is 0 Å². The Morgan fingerprint density at radius 2 is 1.62 bits per heavy atom. The van der Waals surface area contributed by atoms with E-state index in [4.69, 9.17) is 4.98 Å². The van der Waals surface area contributed by atoms with Gasteiger partial charge < -0.3 is 10.3 Å². The fourth-order valence-corrected chi connectivity index (χ4v) is 3.28. The van der Waals surface area contributed by atoms with Gasteiger partial charge in [0.15, 0.2) is 0 Å². The maximum absolute atomic E-state index is 4.71. The highest BCUT2D eigenvalue weighted by atomic mass is 15.0. The van der Waals surface area contributed by atoms with Gasteiger partial charge in [-0.3, -0.25) is 4.98 Å². The van der Waals surface area contributed by atoms with E-state index in [0.717, 1.165) is 31.8 Å². The van der Waals surface area contributed by atoms with E-state index in [1.807, 2.05) is 24.5 Å². The average Bonchev–Trinajstić information content (AvgIpc) is 3.06. The van der Waals surface area contributed by atoms with Gasteiger partial charge in [-0.05, 0) is 54.5 Å². The maximum atomic E-state index is 4.71. The van der Waals surface area contributed by atoms with Crippen LogP contribution in [0.25, 0.3) is 11.1 Å². The molecule has 2 aromatic heterocycles. The summed E-state index contributed by atoms with van der Waals surface area (Å²) < 4.78 is 0. The largest absolute Gasteiger partial charge is 0.345 e. The topological polar surface area (TPSA) is 53.6 Å². The molecule has 122 valence electrons. The molecule has 0 aliphatic heterocycles. The summed E-state index contributed by atoms with van der Waals surface area (Å²) in [5.41, 5.74) is 6.33.